The smallest absolute Gasteiger partial charge is 0.414 e. The van der Waals surface area contributed by atoms with Gasteiger partial charge in [-0.15, -0.1) is 0 Å². The number of rotatable bonds is 2. The zero-order valence-corrected chi connectivity index (χ0v) is 12.0. The van der Waals surface area contributed by atoms with E-state index in [1.807, 2.05) is 7.05 Å². The highest BCUT2D eigenvalue weighted by Gasteiger charge is 2.13. The van der Waals surface area contributed by atoms with Crippen molar-refractivity contribution < 1.29 is 19.8 Å². The highest BCUT2D eigenvalue weighted by atomic mass is 32.1. The van der Waals surface area contributed by atoms with Crippen LogP contribution in [0.2, 0.25) is 0 Å². The first-order valence-corrected chi connectivity index (χ1v) is 6.57. The molecule has 20 heavy (non-hydrogen) atoms. The molecule has 0 spiro atoms. The lowest BCUT2D eigenvalue weighted by atomic mass is 10.1. The van der Waals surface area contributed by atoms with Crippen LogP contribution in [0.25, 0.3) is 5.57 Å². The number of likely N-dealkylation sites (N-methyl/N-ethyl adjacent to an activating group) is 1. The zero-order valence-electron chi connectivity index (χ0n) is 11.2. The molecule has 0 aromatic carbocycles. The first-order chi connectivity index (χ1) is 9.43. The van der Waals surface area contributed by atoms with Crippen molar-refractivity contribution in [3.05, 3.63) is 11.1 Å². The van der Waals surface area contributed by atoms with Gasteiger partial charge in [0.15, 0.2) is 0 Å². The molecule has 8 nitrogen and oxygen atoms in total. The third-order valence-corrected chi connectivity index (χ3v) is 3.24. The van der Waals surface area contributed by atoms with Crippen LogP contribution in [0.4, 0.5) is 5.95 Å². The molecule has 1 aliphatic heterocycles. The second kappa shape index (κ2) is 7.56. The van der Waals surface area contributed by atoms with E-state index >= 15 is 0 Å². The van der Waals surface area contributed by atoms with E-state index in [9.17, 15) is 0 Å². The summed E-state index contributed by atoms with van der Waals surface area (Å²) < 4.78 is 4.20. The molecule has 2 rings (SSSR count). The second-order valence-corrected chi connectivity index (χ2v) is 4.79. The third kappa shape index (κ3) is 4.94. The molecule has 1 aliphatic rings. The number of carboxylic acid groups (broad SMARTS) is 2. The van der Waals surface area contributed by atoms with E-state index in [1.165, 1.54) is 17.1 Å². The Hall–Kier alpha value is -2.00. The fraction of sp³-hybridized carbons (Fsp3) is 0.455. The summed E-state index contributed by atoms with van der Waals surface area (Å²) in [7, 11) is 3.97. The molecule has 0 aliphatic carbocycles. The first kappa shape index (κ1) is 16.1. The standard InChI is InChI=1S/C9H14N4S.C2H2O4/c1-10-9-11-8(14-12-9)7-4-3-5-13(2)6-7;3-1(4)2(5)6/h4H,3,5-6H2,1-2H3,(H,10,12);(H,3,4)(H,5,6). The third-order valence-electron chi connectivity index (χ3n) is 2.45. The van der Waals surface area contributed by atoms with E-state index in [0.29, 0.717) is 0 Å². The molecule has 0 saturated heterocycles. The predicted molar refractivity (Wildman–Crippen MR) is 74.8 cm³/mol. The molecule has 0 fully saturated rings. The average Bonchev–Trinajstić information content (AvgIpc) is 2.88. The van der Waals surface area contributed by atoms with E-state index in [4.69, 9.17) is 19.8 Å². The zero-order chi connectivity index (χ0) is 15.1. The Morgan fingerprint density at radius 2 is 2.05 bits per heavy atom. The van der Waals surface area contributed by atoms with Gasteiger partial charge in [-0.3, -0.25) is 0 Å². The van der Waals surface area contributed by atoms with Crippen LogP contribution in [-0.4, -0.2) is 63.6 Å². The van der Waals surface area contributed by atoms with E-state index in [-0.39, 0.29) is 0 Å². The van der Waals surface area contributed by atoms with Gasteiger partial charge >= 0.3 is 11.9 Å². The SMILES string of the molecule is CNc1nsc(C2=CCCN(C)C2)n1.O=C(O)C(=O)O. The van der Waals surface area contributed by atoms with Crippen molar-refractivity contribution in [1.29, 1.82) is 0 Å². The lowest BCUT2D eigenvalue weighted by molar-refractivity contribution is -0.159. The van der Waals surface area contributed by atoms with Gasteiger partial charge in [0.25, 0.3) is 0 Å². The largest absolute Gasteiger partial charge is 0.473 e. The number of aromatic nitrogens is 2. The predicted octanol–water partition coefficient (Wildman–Crippen LogP) is 0.454. The van der Waals surface area contributed by atoms with Crippen molar-refractivity contribution in [2.75, 3.05) is 32.5 Å². The number of hydrogen-bond donors (Lipinski definition) is 3. The summed E-state index contributed by atoms with van der Waals surface area (Å²) in [5, 5.41) is 18.8. The maximum Gasteiger partial charge on any atom is 0.414 e. The summed E-state index contributed by atoms with van der Waals surface area (Å²) >= 11 is 1.46. The molecule has 0 saturated carbocycles. The highest BCUT2D eigenvalue weighted by molar-refractivity contribution is 7.06. The monoisotopic (exact) mass is 300 g/mol. The highest BCUT2D eigenvalue weighted by Crippen LogP contribution is 2.22. The van der Waals surface area contributed by atoms with Crippen molar-refractivity contribution in [3.8, 4) is 0 Å². The number of aliphatic carboxylic acids is 2. The van der Waals surface area contributed by atoms with Crippen molar-refractivity contribution in [1.82, 2.24) is 14.3 Å². The van der Waals surface area contributed by atoms with Gasteiger partial charge in [-0.1, -0.05) is 6.08 Å². The summed E-state index contributed by atoms with van der Waals surface area (Å²) in [5.74, 6) is -2.93. The second-order valence-electron chi connectivity index (χ2n) is 4.04. The average molecular weight is 300 g/mol. The van der Waals surface area contributed by atoms with Crippen molar-refractivity contribution in [3.63, 3.8) is 0 Å². The van der Waals surface area contributed by atoms with Gasteiger partial charge in [0.1, 0.15) is 5.01 Å². The number of carboxylic acids is 2. The summed E-state index contributed by atoms with van der Waals surface area (Å²) in [6, 6.07) is 0. The fourth-order valence-corrected chi connectivity index (χ4v) is 2.20. The van der Waals surface area contributed by atoms with Gasteiger partial charge in [-0.25, -0.2) is 14.6 Å². The molecule has 1 aromatic heterocycles. The molecule has 3 N–H and O–H groups in total. The lowest BCUT2D eigenvalue weighted by Gasteiger charge is -2.21. The van der Waals surface area contributed by atoms with Crippen molar-refractivity contribution in [2.24, 2.45) is 0 Å². The summed E-state index contributed by atoms with van der Waals surface area (Å²) in [5.41, 5.74) is 1.30. The minimum absolute atomic E-state index is 0.721. The Morgan fingerprint density at radius 3 is 2.50 bits per heavy atom. The number of hydrogen-bond acceptors (Lipinski definition) is 7. The molecular formula is C11H16N4O4S. The van der Waals surface area contributed by atoms with Crippen LogP contribution >= 0.6 is 11.5 Å². The Morgan fingerprint density at radius 1 is 1.40 bits per heavy atom. The summed E-state index contributed by atoms with van der Waals surface area (Å²) in [6.07, 6.45) is 3.38. The van der Waals surface area contributed by atoms with Crippen LogP contribution in [0.1, 0.15) is 11.4 Å². The van der Waals surface area contributed by atoms with E-state index in [1.54, 1.807) is 0 Å². The molecule has 0 atom stereocenters. The van der Waals surface area contributed by atoms with Crippen LogP contribution in [0.15, 0.2) is 6.08 Å². The van der Waals surface area contributed by atoms with Gasteiger partial charge in [-0.2, -0.15) is 4.37 Å². The lowest BCUT2D eigenvalue weighted by Crippen LogP contribution is -2.24. The number of nitrogens with one attached hydrogen (secondary N) is 1. The number of anilines is 1. The Bertz CT molecular complexity index is 502. The molecule has 2 heterocycles. The molecule has 0 amide bonds. The molecule has 110 valence electrons. The molecule has 1 aromatic rings. The Kier molecular flexibility index (Phi) is 6.07. The topological polar surface area (TPSA) is 116 Å². The maximum atomic E-state index is 9.10. The van der Waals surface area contributed by atoms with Crippen LogP contribution < -0.4 is 5.32 Å². The Labute approximate surface area is 119 Å². The molecule has 9 heteroatoms. The fourth-order valence-electron chi connectivity index (χ4n) is 1.50. The molecule has 0 radical (unpaired) electrons. The van der Waals surface area contributed by atoms with Crippen LogP contribution in [-0.2, 0) is 9.59 Å². The molecule has 0 unspecified atom stereocenters. The van der Waals surface area contributed by atoms with E-state index in [2.05, 4.69) is 32.7 Å². The van der Waals surface area contributed by atoms with Crippen molar-refractivity contribution >= 4 is 35.0 Å². The molecule has 0 bridgehead atoms. The quantitative estimate of drug-likeness (QED) is 0.674. The Balaban J connectivity index is 0.000000286. The van der Waals surface area contributed by atoms with Gasteiger partial charge in [0.05, 0.1) is 0 Å². The molecular weight excluding hydrogens is 284 g/mol. The van der Waals surface area contributed by atoms with Crippen LogP contribution in [0, 0.1) is 0 Å². The first-order valence-electron chi connectivity index (χ1n) is 5.79. The van der Waals surface area contributed by atoms with Gasteiger partial charge in [0, 0.05) is 20.1 Å². The maximum absolute atomic E-state index is 9.10. The summed E-state index contributed by atoms with van der Waals surface area (Å²) in [4.78, 5) is 24.9. The number of carbonyl (C=O) groups is 2. The van der Waals surface area contributed by atoms with Gasteiger partial charge in [-0.05, 0) is 30.6 Å². The van der Waals surface area contributed by atoms with Crippen molar-refractivity contribution in [2.45, 2.75) is 6.42 Å². The van der Waals surface area contributed by atoms with Crippen LogP contribution in [0.3, 0.4) is 0 Å². The number of nitrogens with zero attached hydrogens (tertiary/aromatic N) is 3. The minimum Gasteiger partial charge on any atom is -0.473 e. The normalized spacial score (nSPS) is 14.8. The van der Waals surface area contributed by atoms with E-state index in [0.717, 1.165) is 30.5 Å². The van der Waals surface area contributed by atoms with E-state index < -0.39 is 11.9 Å². The minimum atomic E-state index is -1.82. The van der Waals surface area contributed by atoms with Gasteiger partial charge in [0.2, 0.25) is 5.95 Å². The van der Waals surface area contributed by atoms with Crippen LogP contribution in [0.5, 0.6) is 0 Å². The summed E-state index contributed by atoms with van der Waals surface area (Å²) in [6.45, 7) is 2.12. The van der Waals surface area contributed by atoms with Gasteiger partial charge < -0.3 is 20.4 Å².